The average molecular weight is 234 g/mol. The highest BCUT2D eigenvalue weighted by atomic mass is 15.3. The standard InChI is InChI=1S/C11H18N6/c1-2-17-5-3-11(15-17)13-7-10-8-16(6-4-12)9-14-10/h3,5,8-9H,2,4,6-7,12H2,1H3,(H,13,15). The average Bonchev–Trinajstić information content (AvgIpc) is 2.95. The van der Waals surface area contributed by atoms with E-state index in [9.17, 15) is 0 Å². The highest BCUT2D eigenvalue weighted by Crippen LogP contribution is 2.05. The first kappa shape index (κ1) is 11.7. The van der Waals surface area contributed by atoms with E-state index >= 15 is 0 Å². The minimum Gasteiger partial charge on any atom is -0.363 e. The molecule has 0 atom stereocenters. The van der Waals surface area contributed by atoms with Crippen molar-refractivity contribution in [2.75, 3.05) is 11.9 Å². The van der Waals surface area contributed by atoms with Gasteiger partial charge in [-0.1, -0.05) is 0 Å². The van der Waals surface area contributed by atoms with Gasteiger partial charge >= 0.3 is 0 Å². The summed E-state index contributed by atoms with van der Waals surface area (Å²) in [6, 6.07) is 1.96. The molecule has 0 aliphatic heterocycles. The van der Waals surface area contributed by atoms with Crippen molar-refractivity contribution < 1.29 is 0 Å². The van der Waals surface area contributed by atoms with Crippen molar-refractivity contribution >= 4 is 5.82 Å². The molecule has 0 saturated carbocycles. The van der Waals surface area contributed by atoms with Gasteiger partial charge in [-0.15, -0.1) is 0 Å². The molecule has 6 nitrogen and oxygen atoms in total. The second-order valence-corrected chi connectivity index (χ2v) is 3.80. The van der Waals surface area contributed by atoms with E-state index < -0.39 is 0 Å². The maximum absolute atomic E-state index is 5.48. The summed E-state index contributed by atoms with van der Waals surface area (Å²) in [5.74, 6) is 0.875. The second kappa shape index (κ2) is 5.49. The number of hydrogen-bond acceptors (Lipinski definition) is 4. The van der Waals surface area contributed by atoms with Gasteiger partial charge < -0.3 is 15.6 Å². The Labute approximate surface area is 100 Å². The van der Waals surface area contributed by atoms with Crippen LogP contribution in [0.25, 0.3) is 0 Å². The van der Waals surface area contributed by atoms with Gasteiger partial charge in [0, 0.05) is 38.1 Å². The van der Waals surface area contributed by atoms with Crippen molar-refractivity contribution in [3.05, 3.63) is 30.5 Å². The van der Waals surface area contributed by atoms with Crippen molar-refractivity contribution in [3.63, 3.8) is 0 Å². The Bertz CT molecular complexity index is 458. The third-order valence-electron chi connectivity index (χ3n) is 2.49. The molecule has 0 spiro atoms. The molecular formula is C11H18N6. The summed E-state index contributed by atoms with van der Waals surface area (Å²) in [5, 5.41) is 7.57. The number of anilines is 1. The van der Waals surface area contributed by atoms with Crippen molar-refractivity contribution in [1.82, 2.24) is 19.3 Å². The van der Waals surface area contributed by atoms with E-state index in [0.29, 0.717) is 13.1 Å². The zero-order valence-corrected chi connectivity index (χ0v) is 10.0. The molecule has 17 heavy (non-hydrogen) atoms. The Morgan fingerprint density at radius 1 is 1.47 bits per heavy atom. The molecule has 0 aromatic carbocycles. The SMILES string of the molecule is CCn1ccc(NCc2cn(CCN)cn2)n1. The first-order chi connectivity index (χ1) is 8.31. The Balaban J connectivity index is 1.88. The zero-order valence-electron chi connectivity index (χ0n) is 10.0. The predicted molar refractivity (Wildman–Crippen MR) is 66.5 cm³/mol. The zero-order chi connectivity index (χ0) is 12.1. The van der Waals surface area contributed by atoms with Crippen LogP contribution in [0.15, 0.2) is 24.8 Å². The van der Waals surface area contributed by atoms with Gasteiger partial charge in [-0.05, 0) is 6.92 Å². The van der Waals surface area contributed by atoms with Gasteiger partial charge in [-0.2, -0.15) is 5.10 Å². The maximum atomic E-state index is 5.48. The lowest BCUT2D eigenvalue weighted by Gasteiger charge is -2.00. The smallest absolute Gasteiger partial charge is 0.148 e. The second-order valence-electron chi connectivity index (χ2n) is 3.80. The molecular weight excluding hydrogens is 216 g/mol. The quantitative estimate of drug-likeness (QED) is 0.770. The van der Waals surface area contributed by atoms with Crippen molar-refractivity contribution in [2.24, 2.45) is 5.73 Å². The van der Waals surface area contributed by atoms with Crippen LogP contribution in [0.2, 0.25) is 0 Å². The summed E-state index contributed by atoms with van der Waals surface area (Å²) in [5.41, 5.74) is 6.47. The van der Waals surface area contributed by atoms with Crippen LogP contribution in [-0.2, 0) is 19.6 Å². The van der Waals surface area contributed by atoms with Crippen LogP contribution in [0, 0.1) is 0 Å². The molecule has 6 heteroatoms. The molecule has 2 rings (SSSR count). The summed E-state index contributed by atoms with van der Waals surface area (Å²) in [4.78, 5) is 4.29. The molecule has 0 fully saturated rings. The van der Waals surface area contributed by atoms with E-state index in [4.69, 9.17) is 5.73 Å². The summed E-state index contributed by atoms with van der Waals surface area (Å²) in [6.07, 6.45) is 5.75. The summed E-state index contributed by atoms with van der Waals surface area (Å²) >= 11 is 0. The van der Waals surface area contributed by atoms with E-state index in [1.54, 1.807) is 6.33 Å². The maximum Gasteiger partial charge on any atom is 0.148 e. The minimum absolute atomic E-state index is 0.629. The monoisotopic (exact) mass is 234 g/mol. The van der Waals surface area contributed by atoms with E-state index in [-0.39, 0.29) is 0 Å². The number of imidazole rings is 1. The topological polar surface area (TPSA) is 73.7 Å². The number of nitrogens with zero attached hydrogens (tertiary/aromatic N) is 4. The van der Waals surface area contributed by atoms with Crippen LogP contribution in [0.3, 0.4) is 0 Å². The molecule has 0 aliphatic rings. The van der Waals surface area contributed by atoms with Gasteiger partial charge in [0.15, 0.2) is 0 Å². The van der Waals surface area contributed by atoms with E-state index in [2.05, 4.69) is 22.3 Å². The molecule has 0 saturated heterocycles. The van der Waals surface area contributed by atoms with Crippen molar-refractivity contribution in [3.8, 4) is 0 Å². The normalized spacial score (nSPS) is 10.7. The number of nitrogens with one attached hydrogen (secondary N) is 1. The number of aromatic nitrogens is 4. The van der Waals surface area contributed by atoms with Crippen molar-refractivity contribution in [1.29, 1.82) is 0 Å². The first-order valence-corrected chi connectivity index (χ1v) is 5.80. The summed E-state index contributed by atoms with van der Waals surface area (Å²) < 4.78 is 3.87. The van der Waals surface area contributed by atoms with Gasteiger partial charge in [0.1, 0.15) is 5.82 Å². The Kier molecular flexibility index (Phi) is 3.77. The van der Waals surface area contributed by atoms with Crippen LogP contribution >= 0.6 is 0 Å². The molecule has 3 N–H and O–H groups in total. The van der Waals surface area contributed by atoms with E-state index in [1.165, 1.54) is 0 Å². The molecule has 0 radical (unpaired) electrons. The molecule has 0 bridgehead atoms. The number of hydrogen-bond donors (Lipinski definition) is 2. The summed E-state index contributed by atoms with van der Waals surface area (Å²) in [6.45, 7) is 5.05. The minimum atomic E-state index is 0.629. The van der Waals surface area contributed by atoms with E-state index in [0.717, 1.165) is 24.6 Å². The van der Waals surface area contributed by atoms with Gasteiger partial charge in [-0.3, -0.25) is 4.68 Å². The lowest BCUT2D eigenvalue weighted by molar-refractivity contribution is 0.661. The Hall–Kier alpha value is -1.82. The highest BCUT2D eigenvalue weighted by Gasteiger charge is 2.00. The fraction of sp³-hybridized carbons (Fsp3) is 0.455. The Morgan fingerprint density at radius 3 is 3.06 bits per heavy atom. The van der Waals surface area contributed by atoms with Gasteiger partial charge in [0.2, 0.25) is 0 Å². The number of rotatable bonds is 6. The lowest BCUT2D eigenvalue weighted by Crippen LogP contribution is -2.08. The van der Waals surface area contributed by atoms with Gasteiger partial charge in [-0.25, -0.2) is 4.98 Å². The molecule has 2 aromatic heterocycles. The molecule has 2 heterocycles. The highest BCUT2D eigenvalue weighted by molar-refractivity contribution is 5.32. The molecule has 0 unspecified atom stereocenters. The third-order valence-corrected chi connectivity index (χ3v) is 2.49. The van der Waals surface area contributed by atoms with Crippen molar-refractivity contribution in [2.45, 2.75) is 26.6 Å². The molecule has 0 amide bonds. The largest absolute Gasteiger partial charge is 0.363 e. The molecule has 92 valence electrons. The number of nitrogens with two attached hydrogens (primary N) is 1. The first-order valence-electron chi connectivity index (χ1n) is 5.80. The van der Waals surface area contributed by atoms with Gasteiger partial charge in [0.25, 0.3) is 0 Å². The van der Waals surface area contributed by atoms with Crippen LogP contribution in [0.5, 0.6) is 0 Å². The Morgan fingerprint density at radius 2 is 2.35 bits per heavy atom. The lowest BCUT2D eigenvalue weighted by atomic mass is 10.4. The van der Waals surface area contributed by atoms with E-state index in [1.807, 2.05) is 27.7 Å². The number of aryl methyl sites for hydroxylation is 1. The van der Waals surface area contributed by atoms with Crippen LogP contribution in [-0.4, -0.2) is 25.9 Å². The predicted octanol–water partition coefficient (Wildman–Crippen LogP) is 0.670. The van der Waals surface area contributed by atoms with Crippen LogP contribution in [0.1, 0.15) is 12.6 Å². The van der Waals surface area contributed by atoms with Crippen LogP contribution < -0.4 is 11.1 Å². The molecule has 0 aliphatic carbocycles. The third kappa shape index (κ3) is 3.07. The van der Waals surface area contributed by atoms with Crippen LogP contribution in [0.4, 0.5) is 5.82 Å². The summed E-state index contributed by atoms with van der Waals surface area (Å²) in [7, 11) is 0. The fourth-order valence-electron chi connectivity index (χ4n) is 1.58. The van der Waals surface area contributed by atoms with Gasteiger partial charge in [0.05, 0.1) is 18.6 Å². The molecule has 2 aromatic rings. The fourth-order valence-corrected chi connectivity index (χ4v) is 1.58.